The van der Waals surface area contributed by atoms with E-state index in [0.29, 0.717) is 11.6 Å². The molecule has 1 aromatic heterocycles. The van der Waals surface area contributed by atoms with Crippen molar-refractivity contribution in [2.75, 3.05) is 13.1 Å². The Morgan fingerprint density at radius 1 is 1.12 bits per heavy atom. The van der Waals surface area contributed by atoms with Crippen LogP contribution >= 0.6 is 0 Å². The molecule has 4 rings (SSSR count). The van der Waals surface area contributed by atoms with E-state index < -0.39 is 29.2 Å². The number of nitrogens with one attached hydrogen (secondary N) is 1. The van der Waals surface area contributed by atoms with Gasteiger partial charge in [0, 0.05) is 25.4 Å². The number of benzene rings is 2. The molecule has 0 unspecified atom stereocenters. The predicted octanol–water partition coefficient (Wildman–Crippen LogP) is 2.29. The number of halogens is 2. The highest BCUT2D eigenvalue weighted by Crippen LogP contribution is 2.34. The van der Waals surface area contributed by atoms with Gasteiger partial charge in [-0.05, 0) is 30.2 Å². The summed E-state index contributed by atoms with van der Waals surface area (Å²) in [5.74, 6) is -2.96. The Kier molecular flexibility index (Phi) is 5.91. The van der Waals surface area contributed by atoms with Crippen molar-refractivity contribution < 1.29 is 23.5 Å². The average Bonchev–Trinajstić information content (AvgIpc) is 2.81. The quantitative estimate of drug-likeness (QED) is 0.652. The molecule has 0 bridgehead atoms. The lowest BCUT2D eigenvalue weighted by Gasteiger charge is -2.46. The van der Waals surface area contributed by atoms with E-state index in [1.807, 2.05) is 0 Å². The lowest BCUT2D eigenvalue weighted by molar-refractivity contribution is -0.0109. The van der Waals surface area contributed by atoms with Crippen LogP contribution in [0.25, 0.3) is 0 Å². The van der Waals surface area contributed by atoms with Crippen LogP contribution in [-0.2, 0) is 5.54 Å². The lowest BCUT2D eigenvalue weighted by Crippen LogP contribution is -2.62. The maximum absolute atomic E-state index is 14.2. The number of piperidine rings is 1. The van der Waals surface area contributed by atoms with E-state index in [0.717, 1.165) is 12.1 Å². The average molecular weight is 438 g/mol. The molecule has 0 radical (unpaired) electrons. The lowest BCUT2D eigenvalue weighted by atomic mass is 9.78. The normalized spacial score (nSPS) is 20.6. The number of aromatic nitrogens is 2. The van der Waals surface area contributed by atoms with Crippen molar-refractivity contribution >= 4 is 11.8 Å². The van der Waals surface area contributed by atoms with Gasteiger partial charge in [0.25, 0.3) is 11.8 Å². The molecule has 32 heavy (non-hydrogen) atoms. The summed E-state index contributed by atoms with van der Waals surface area (Å²) in [6.45, 7) is 0.130. The van der Waals surface area contributed by atoms with Gasteiger partial charge in [-0.2, -0.15) is 0 Å². The number of hydrogen-bond acceptors (Lipinski definition) is 5. The van der Waals surface area contributed by atoms with Gasteiger partial charge in [0.2, 0.25) is 0 Å². The second-order valence-electron chi connectivity index (χ2n) is 7.53. The first-order chi connectivity index (χ1) is 15.4. The van der Waals surface area contributed by atoms with Gasteiger partial charge in [0.1, 0.15) is 23.7 Å². The van der Waals surface area contributed by atoms with Gasteiger partial charge in [-0.25, -0.2) is 18.7 Å². The molecule has 0 aliphatic carbocycles. The highest BCUT2D eigenvalue weighted by molar-refractivity contribution is 5.95. The van der Waals surface area contributed by atoms with Crippen molar-refractivity contribution in [3.63, 3.8) is 0 Å². The van der Waals surface area contributed by atoms with Crippen LogP contribution in [0.4, 0.5) is 8.78 Å². The first kappa shape index (κ1) is 21.5. The Morgan fingerprint density at radius 2 is 1.91 bits per heavy atom. The Hall–Kier alpha value is -3.72. The van der Waals surface area contributed by atoms with Crippen molar-refractivity contribution in [2.24, 2.45) is 0 Å². The third-order valence-electron chi connectivity index (χ3n) is 5.63. The smallest absolute Gasteiger partial charge is 0.272 e. The summed E-state index contributed by atoms with van der Waals surface area (Å²) in [4.78, 5) is 34.9. The maximum Gasteiger partial charge on any atom is 0.272 e. The zero-order valence-corrected chi connectivity index (χ0v) is 16.9. The van der Waals surface area contributed by atoms with Crippen LogP contribution in [-0.4, -0.2) is 51.0 Å². The molecule has 2 atom stereocenters. The van der Waals surface area contributed by atoms with Crippen molar-refractivity contribution in [3.8, 4) is 0 Å². The Labute approximate surface area is 182 Å². The number of β-amino-alcohol motifs (C(OH)–C–C–N with tert-alkyl or cyclic N) is 1. The first-order valence-electron chi connectivity index (χ1n) is 9.97. The van der Waals surface area contributed by atoms with Crippen molar-refractivity contribution in [3.05, 3.63) is 95.6 Å². The summed E-state index contributed by atoms with van der Waals surface area (Å²) in [7, 11) is 0. The first-order valence-corrected chi connectivity index (χ1v) is 9.97. The van der Waals surface area contributed by atoms with Crippen LogP contribution in [0.3, 0.4) is 0 Å². The summed E-state index contributed by atoms with van der Waals surface area (Å²) >= 11 is 0. The van der Waals surface area contributed by atoms with Gasteiger partial charge in [0.05, 0.1) is 17.2 Å². The molecule has 2 amide bonds. The van der Waals surface area contributed by atoms with E-state index in [-0.39, 0.29) is 36.7 Å². The summed E-state index contributed by atoms with van der Waals surface area (Å²) < 4.78 is 27.5. The number of amides is 2. The maximum atomic E-state index is 14.2. The summed E-state index contributed by atoms with van der Waals surface area (Å²) in [5, 5.41) is 13.9. The van der Waals surface area contributed by atoms with Crippen molar-refractivity contribution in [1.29, 1.82) is 0 Å². The second kappa shape index (κ2) is 8.80. The van der Waals surface area contributed by atoms with E-state index in [1.54, 1.807) is 30.3 Å². The fourth-order valence-electron chi connectivity index (χ4n) is 3.93. The Morgan fingerprint density at radius 3 is 2.56 bits per heavy atom. The molecule has 0 spiro atoms. The Bertz CT molecular complexity index is 1130. The van der Waals surface area contributed by atoms with Crippen LogP contribution in [0.2, 0.25) is 0 Å². The van der Waals surface area contributed by atoms with Crippen LogP contribution in [0.5, 0.6) is 0 Å². The van der Waals surface area contributed by atoms with E-state index in [2.05, 4.69) is 15.3 Å². The topological polar surface area (TPSA) is 95.4 Å². The fraction of sp³-hybridized carbons (Fsp3) is 0.217. The SMILES string of the molecule is O=C(N[C@]1(c2ccccc2)CCN(C(=O)c2ccncn2)C[C@H]1O)c1ccc(F)cc1F. The number of aliphatic hydroxyl groups is 1. The van der Waals surface area contributed by atoms with Gasteiger partial charge in [0.15, 0.2) is 0 Å². The number of rotatable bonds is 4. The molecule has 1 aliphatic rings. The fourth-order valence-corrected chi connectivity index (χ4v) is 3.93. The van der Waals surface area contributed by atoms with Crippen molar-refractivity contribution in [2.45, 2.75) is 18.1 Å². The molecule has 0 saturated carbocycles. The molecular weight excluding hydrogens is 418 g/mol. The monoisotopic (exact) mass is 438 g/mol. The van der Waals surface area contributed by atoms with Gasteiger partial charge in [-0.15, -0.1) is 0 Å². The highest BCUT2D eigenvalue weighted by Gasteiger charge is 2.46. The molecule has 2 N–H and O–H groups in total. The van der Waals surface area contributed by atoms with Gasteiger partial charge in [-0.1, -0.05) is 30.3 Å². The van der Waals surface area contributed by atoms with E-state index in [4.69, 9.17) is 0 Å². The zero-order valence-electron chi connectivity index (χ0n) is 16.9. The number of likely N-dealkylation sites (tertiary alicyclic amines) is 1. The highest BCUT2D eigenvalue weighted by atomic mass is 19.1. The summed E-state index contributed by atoms with van der Waals surface area (Å²) in [6.07, 6.45) is 1.69. The number of aliphatic hydroxyl groups excluding tert-OH is 1. The minimum absolute atomic E-state index is 0.0795. The van der Waals surface area contributed by atoms with Crippen LogP contribution in [0.1, 0.15) is 32.8 Å². The molecule has 1 saturated heterocycles. The Balaban J connectivity index is 1.63. The summed E-state index contributed by atoms with van der Waals surface area (Å²) in [5.41, 5.74) is -0.815. The van der Waals surface area contributed by atoms with Crippen molar-refractivity contribution in [1.82, 2.24) is 20.2 Å². The minimum atomic E-state index is -1.28. The number of nitrogens with zero attached hydrogens (tertiary/aromatic N) is 3. The predicted molar refractivity (Wildman–Crippen MR) is 111 cm³/mol. The third-order valence-corrected chi connectivity index (χ3v) is 5.63. The van der Waals surface area contributed by atoms with E-state index in [1.165, 1.54) is 23.5 Å². The standard InChI is InChI=1S/C23H20F2N4O3/c24-16-6-7-17(18(25)12-16)21(31)28-23(15-4-2-1-3-5-15)9-11-29(13-20(23)30)22(32)19-8-10-26-14-27-19/h1-8,10,12,14,20,30H,9,11,13H2,(H,28,31)/t20-,23+/m1/s1. The molecular formula is C23H20F2N4O3. The number of carbonyl (C=O) groups is 2. The van der Waals surface area contributed by atoms with Gasteiger partial charge < -0.3 is 15.3 Å². The zero-order chi connectivity index (χ0) is 22.7. The van der Waals surface area contributed by atoms with E-state index in [9.17, 15) is 23.5 Å². The van der Waals surface area contributed by atoms with Crippen LogP contribution in [0, 0.1) is 11.6 Å². The molecule has 2 aromatic carbocycles. The molecule has 9 heteroatoms. The largest absolute Gasteiger partial charge is 0.388 e. The molecule has 164 valence electrons. The summed E-state index contributed by atoms with van der Waals surface area (Å²) in [6, 6.07) is 12.9. The van der Waals surface area contributed by atoms with Crippen LogP contribution in [0.15, 0.2) is 67.1 Å². The van der Waals surface area contributed by atoms with Gasteiger partial charge >= 0.3 is 0 Å². The number of carbonyl (C=O) groups excluding carboxylic acids is 2. The third kappa shape index (κ3) is 4.06. The minimum Gasteiger partial charge on any atom is -0.388 e. The van der Waals surface area contributed by atoms with E-state index >= 15 is 0 Å². The number of hydrogen-bond donors (Lipinski definition) is 2. The van der Waals surface area contributed by atoms with Gasteiger partial charge in [-0.3, -0.25) is 9.59 Å². The molecule has 7 nitrogen and oxygen atoms in total. The molecule has 1 aliphatic heterocycles. The molecule has 3 aromatic rings. The molecule has 2 heterocycles. The molecule has 1 fully saturated rings. The second-order valence-corrected chi connectivity index (χ2v) is 7.53. The van der Waals surface area contributed by atoms with Crippen LogP contribution < -0.4 is 5.32 Å².